The van der Waals surface area contributed by atoms with Gasteiger partial charge in [0.05, 0.1) is 0 Å². The second-order valence-electron chi connectivity index (χ2n) is 7.47. The number of benzene rings is 1. The SMILES string of the molecule is CC(C)(NC(=O)Nc1ccccc1)C(=O)NCCNC1CCCCCC1.Cl. The molecule has 1 aromatic rings. The van der Waals surface area contributed by atoms with Gasteiger partial charge in [0.1, 0.15) is 5.54 Å². The first-order valence-corrected chi connectivity index (χ1v) is 9.63. The van der Waals surface area contributed by atoms with Crippen LogP contribution in [0.1, 0.15) is 52.4 Å². The lowest BCUT2D eigenvalue weighted by Gasteiger charge is -2.25. The molecule has 0 heterocycles. The van der Waals surface area contributed by atoms with E-state index in [2.05, 4.69) is 21.3 Å². The molecule has 7 heteroatoms. The number of urea groups is 1. The Kier molecular flexibility index (Phi) is 10.2. The largest absolute Gasteiger partial charge is 0.353 e. The van der Waals surface area contributed by atoms with Crippen molar-refractivity contribution < 1.29 is 9.59 Å². The lowest BCUT2D eigenvalue weighted by molar-refractivity contribution is -0.126. The van der Waals surface area contributed by atoms with Gasteiger partial charge < -0.3 is 21.3 Å². The zero-order valence-electron chi connectivity index (χ0n) is 16.3. The van der Waals surface area contributed by atoms with Gasteiger partial charge in [0.25, 0.3) is 0 Å². The van der Waals surface area contributed by atoms with E-state index in [9.17, 15) is 9.59 Å². The third-order valence-corrected chi connectivity index (χ3v) is 4.72. The Morgan fingerprint density at radius 2 is 1.63 bits per heavy atom. The van der Waals surface area contributed by atoms with Gasteiger partial charge in [-0.2, -0.15) is 0 Å². The second kappa shape index (κ2) is 11.8. The molecule has 3 amide bonds. The maximum Gasteiger partial charge on any atom is 0.320 e. The first-order chi connectivity index (χ1) is 12.5. The van der Waals surface area contributed by atoms with Crippen molar-refractivity contribution in [2.24, 2.45) is 0 Å². The molecule has 0 spiro atoms. The molecule has 0 saturated heterocycles. The quantitative estimate of drug-likeness (QED) is 0.421. The average Bonchev–Trinajstić information content (AvgIpc) is 2.87. The molecule has 1 aliphatic carbocycles. The highest BCUT2D eigenvalue weighted by Gasteiger charge is 2.29. The molecule has 0 bridgehead atoms. The van der Waals surface area contributed by atoms with Gasteiger partial charge >= 0.3 is 6.03 Å². The Bertz CT molecular complexity index is 573. The predicted molar refractivity (Wildman–Crippen MR) is 112 cm³/mol. The number of rotatable bonds is 7. The molecule has 0 unspecified atom stereocenters. The topological polar surface area (TPSA) is 82.3 Å². The third kappa shape index (κ3) is 8.63. The van der Waals surface area contributed by atoms with E-state index in [1.165, 1.54) is 38.5 Å². The molecule has 0 atom stereocenters. The van der Waals surface area contributed by atoms with Crippen molar-refractivity contribution in [1.82, 2.24) is 16.0 Å². The monoisotopic (exact) mass is 396 g/mol. The van der Waals surface area contributed by atoms with Crippen LogP contribution in [0.2, 0.25) is 0 Å². The fourth-order valence-electron chi connectivity index (χ4n) is 3.18. The summed E-state index contributed by atoms with van der Waals surface area (Å²) in [5.41, 5.74) is -0.296. The second-order valence-corrected chi connectivity index (χ2v) is 7.47. The molecule has 1 fully saturated rings. The number of amides is 3. The van der Waals surface area contributed by atoms with Crippen LogP contribution in [0.5, 0.6) is 0 Å². The van der Waals surface area contributed by atoms with E-state index in [1.807, 2.05) is 18.2 Å². The summed E-state index contributed by atoms with van der Waals surface area (Å²) in [5, 5.41) is 11.9. The molecule has 1 aliphatic rings. The molecule has 27 heavy (non-hydrogen) atoms. The van der Waals surface area contributed by atoms with Crippen LogP contribution in [0.4, 0.5) is 10.5 Å². The highest BCUT2D eigenvalue weighted by atomic mass is 35.5. The van der Waals surface area contributed by atoms with E-state index in [-0.39, 0.29) is 18.3 Å². The van der Waals surface area contributed by atoms with Crippen LogP contribution in [-0.4, -0.2) is 36.6 Å². The van der Waals surface area contributed by atoms with E-state index in [0.717, 1.165) is 6.54 Å². The van der Waals surface area contributed by atoms with Crippen molar-refractivity contribution in [3.05, 3.63) is 30.3 Å². The summed E-state index contributed by atoms with van der Waals surface area (Å²) in [5.74, 6) is -0.191. The van der Waals surface area contributed by atoms with Gasteiger partial charge in [-0.3, -0.25) is 4.79 Å². The summed E-state index contributed by atoms with van der Waals surface area (Å²) in [7, 11) is 0. The molecular formula is C20H33ClN4O2. The molecule has 152 valence electrons. The zero-order valence-corrected chi connectivity index (χ0v) is 17.2. The molecule has 0 aromatic heterocycles. The Labute approximate surface area is 168 Å². The average molecular weight is 397 g/mol. The lowest BCUT2D eigenvalue weighted by atomic mass is 10.1. The minimum Gasteiger partial charge on any atom is -0.353 e. The maximum absolute atomic E-state index is 12.4. The van der Waals surface area contributed by atoms with E-state index >= 15 is 0 Å². The summed E-state index contributed by atoms with van der Waals surface area (Å²) in [6, 6.07) is 9.33. The van der Waals surface area contributed by atoms with E-state index in [1.54, 1.807) is 26.0 Å². The van der Waals surface area contributed by atoms with Gasteiger partial charge in [0.15, 0.2) is 0 Å². The highest BCUT2D eigenvalue weighted by Crippen LogP contribution is 2.16. The van der Waals surface area contributed by atoms with Gasteiger partial charge in [-0.05, 0) is 38.8 Å². The summed E-state index contributed by atoms with van der Waals surface area (Å²) in [6.07, 6.45) is 7.69. The highest BCUT2D eigenvalue weighted by molar-refractivity contribution is 5.95. The molecule has 0 aliphatic heterocycles. The fraction of sp³-hybridized carbons (Fsp3) is 0.600. The number of hydrogen-bond donors (Lipinski definition) is 4. The molecule has 2 rings (SSSR count). The fourth-order valence-corrected chi connectivity index (χ4v) is 3.18. The molecule has 1 saturated carbocycles. The smallest absolute Gasteiger partial charge is 0.320 e. The van der Waals surface area contributed by atoms with Crippen LogP contribution in [0.3, 0.4) is 0 Å². The van der Waals surface area contributed by atoms with Gasteiger partial charge in [-0.1, -0.05) is 43.9 Å². The first kappa shape index (κ1) is 23.2. The van der Waals surface area contributed by atoms with Crippen molar-refractivity contribution in [2.45, 2.75) is 64.0 Å². The van der Waals surface area contributed by atoms with Crippen LogP contribution in [0, 0.1) is 0 Å². The number of halogens is 1. The molecule has 4 N–H and O–H groups in total. The van der Waals surface area contributed by atoms with Gasteiger partial charge in [0.2, 0.25) is 5.91 Å². The third-order valence-electron chi connectivity index (χ3n) is 4.72. The maximum atomic E-state index is 12.4. The van der Waals surface area contributed by atoms with E-state index in [4.69, 9.17) is 0 Å². The van der Waals surface area contributed by atoms with Crippen molar-refractivity contribution in [3.63, 3.8) is 0 Å². The lowest BCUT2D eigenvalue weighted by Crippen LogP contribution is -2.56. The van der Waals surface area contributed by atoms with E-state index in [0.29, 0.717) is 18.3 Å². The predicted octanol–water partition coefficient (Wildman–Crippen LogP) is 3.44. The van der Waals surface area contributed by atoms with Crippen LogP contribution < -0.4 is 21.3 Å². The number of anilines is 1. The van der Waals surface area contributed by atoms with E-state index < -0.39 is 11.6 Å². The van der Waals surface area contributed by atoms with Crippen molar-refractivity contribution in [1.29, 1.82) is 0 Å². The molecule has 0 radical (unpaired) electrons. The van der Waals surface area contributed by atoms with Gasteiger partial charge in [-0.25, -0.2) is 4.79 Å². The normalized spacial score (nSPS) is 15.2. The number of para-hydroxylation sites is 1. The van der Waals surface area contributed by atoms with Crippen LogP contribution in [0.15, 0.2) is 30.3 Å². The number of nitrogens with one attached hydrogen (secondary N) is 4. The first-order valence-electron chi connectivity index (χ1n) is 9.63. The Morgan fingerprint density at radius 3 is 2.26 bits per heavy atom. The minimum atomic E-state index is -0.985. The van der Waals surface area contributed by atoms with Crippen LogP contribution >= 0.6 is 12.4 Å². The van der Waals surface area contributed by atoms with Crippen molar-refractivity contribution in [2.75, 3.05) is 18.4 Å². The Balaban J connectivity index is 0.00000364. The summed E-state index contributed by atoms with van der Waals surface area (Å²) >= 11 is 0. The standard InChI is InChI=1S/C20H32N4O2.ClH/c1-20(2,24-19(26)23-17-12-8-5-9-13-17)18(25)22-15-14-21-16-10-6-3-4-7-11-16;/h5,8-9,12-13,16,21H,3-4,6-7,10-11,14-15H2,1-2H3,(H,22,25)(H2,23,24,26);1H. The summed E-state index contributed by atoms with van der Waals surface area (Å²) in [6.45, 7) is 4.71. The Hall–Kier alpha value is -1.79. The molecule has 1 aromatic carbocycles. The minimum absolute atomic E-state index is 0. The number of carbonyl (C=O) groups is 2. The summed E-state index contributed by atoms with van der Waals surface area (Å²) in [4.78, 5) is 24.5. The molecule has 6 nitrogen and oxygen atoms in total. The Morgan fingerprint density at radius 1 is 1.00 bits per heavy atom. The van der Waals surface area contributed by atoms with Crippen molar-refractivity contribution in [3.8, 4) is 0 Å². The zero-order chi connectivity index (χ0) is 18.8. The number of hydrogen-bond acceptors (Lipinski definition) is 3. The van der Waals surface area contributed by atoms with Crippen molar-refractivity contribution >= 4 is 30.0 Å². The van der Waals surface area contributed by atoms with Gasteiger partial charge in [-0.15, -0.1) is 12.4 Å². The van der Waals surface area contributed by atoms with Crippen LogP contribution in [0.25, 0.3) is 0 Å². The number of carbonyl (C=O) groups excluding carboxylic acids is 2. The van der Waals surface area contributed by atoms with Gasteiger partial charge in [0, 0.05) is 24.8 Å². The van der Waals surface area contributed by atoms with Crippen LogP contribution in [-0.2, 0) is 4.79 Å². The molecular weight excluding hydrogens is 364 g/mol. The summed E-state index contributed by atoms with van der Waals surface area (Å²) < 4.78 is 0.